The first-order valence-electron chi connectivity index (χ1n) is 27.0. The maximum atomic E-state index is 15.6. The zero-order valence-electron chi connectivity index (χ0n) is 44.8. The minimum absolute atomic E-state index is 0.0459. The molecule has 1 heterocycles. The van der Waals surface area contributed by atoms with Gasteiger partial charge < -0.3 is 33.2 Å². The maximum absolute atomic E-state index is 15.6. The van der Waals surface area contributed by atoms with Crippen molar-refractivity contribution in [2.75, 3.05) is 13.2 Å². The van der Waals surface area contributed by atoms with Gasteiger partial charge in [-0.3, -0.25) is 24.0 Å². The highest BCUT2D eigenvalue weighted by Gasteiger charge is 2.62. The lowest BCUT2D eigenvalue weighted by atomic mass is 9.50. The molecule has 8 fully saturated rings. The number of allylic oxidation sites excluding steroid dienone is 2. The van der Waals surface area contributed by atoms with Crippen molar-refractivity contribution in [1.29, 1.82) is 0 Å². The average molecular weight is 993 g/mol. The zero-order chi connectivity index (χ0) is 51.8. The van der Waals surface area contributed by atoms with E-state index < -0.39 is 87.7 Å². The molecule has 0 aromatic rings. The van der Waals surface area contributed by atoms with Gasteiger partial charge in [-0.15, -0.1) is 0 Å². The lowest BCUT2D eigenvalue weighted by Crippen LogP contribution is -2.59. The highest BCUT2D eigenvalue weighted by molar-refractivity contribution is 5.86. The van der Waals surface area contributed by atoms with Crippen LogP contribution >= 0.6 is 0 Å². The summed E-state index contributed by atoms with van der Waals surface area (Å²) in [5.41, 5.74) is -6.45. The van der Waals surface area contributed by atoms with Crippen LogP contribution in [0.5, 0.6) is 0 Å². The molecule has 9 rings (SSSR count). The monoisotopic (exact) mass is 993 g/mol. The normalized spacial score (nSPS) is 36.6. The van der Waals surface area contributed by atoms with Crippen LogP contribution in [-0.4, -0.2) is 84.0 Å². The molecule has 14 nitrogen and oxygen atoms in total. The van der Waals surface area contributed by atoms with Gasteiger partial charge in [-0.2, -0.15) is 0 Å². The summed E-state index contributed by atoms with van der Waals surface area (Å²) in [7, 11) is 0. The minimum Gasteiger partial charge on any atom is -0.463 e. The van der Waals surface area contributed by atoms with Crippen LogP contribution in [0, 0.1) is 87.3 Å². The number of cyclic esters (lactones) is 1. The van der Waals surface area contributed by atoms with E-state index in [1.54, 1.807) is 41.5 Å². The van der Waals surface area contributed by atoms with Crippen LogP contribution < -0.4 is 0 Å². The average Bonchev–Trinajstić information content (AvgIpc) is 4.10. The molecule has 1 saturated heterocycles. The van der Waals surface area contributed by atoms with E-state index >= 15 is 4.79 Å². The summed E-state index contributed by atoms with van der Waals surface area (Å²) in [6, 6.07) is 0. The van der Waals surface area contributed by atoms with Crippen LogP contribution in [0.4, 0.5) is 0 Å². The number of carbonyl (C=O) groups is 7. The topological polar surface area (TPSA) is 184 Å². The number of rotatable bonds is 18. The van der Waals surface area contributed by atoms with Crippen LogP contribution in [0.15, 0.2) is 12.2 Å². The van der Waals surface area contributed by atoms with Crippen molar-refractivity contribution in [3.05, 3.63) is 12.2 Å². The molecule has 12 atom stereocenters. The molecule has 12 unspecified atom stereocenters. The number of carbonyl (C=O) groups excluding carboxylic acids is 7. The summed E-state index contributed by atoms with van der Waals surface area (Å²) in [5.74, 6) is -2.03. The van der Waals surface area contributed by atoms with Crippen molar-refractivity contribution >= 4 is 41.8 Å². The highest BCUT2D eigenvalue weighted by atomic mass is 16.6. The van der Waals surface area contributed by atoms with Gasteiger partial charge in [0.25, 0.3) is 0 Å². The molecule has 396 valence electrons. The first kappa shape index (κ1) is 53.3. The summed E-state index contributed by atoms with van der Waals surface area (Å²) in [6.07, 6.45) is 10.9. The van der Waals surface area contributed by atoms with Crippen molar-refractivity contribution in [1.82, 2.24) is 0 Å². The van der Waals surface area contributed by atoms with E-state index in [4.69, 9.17) is 33.2 Å². The molecule has 8 bridgehead atoms. The number of fused-ring (bicyclic) bond motifs is 4. The van der Waals surface area contributed by atoms with Crippen molar-refractivity contribution in [2.24, 2.45) is 87.3 Å². The third kappa shape index (κ3) is 11.4. The van der Waals surface area contributed by atoms with Gasteiger partial charge in [-0.25, -0.2) is 9.59 Å². The Morgan fingerprint density at radius 1 is 0.732 bits per heavy atom. The summed E-state index contributed by atoms with van der Waals surface area (Å²) in [6.45, 7) is 21.4. The molecule has 0 aromatic heterocycles. The van der Waals surface area contributed by atoms with Crippen LogP contribution in [0.25, 0.3) is 0 Å². The fraction of sp³-hybridized carbons (Fsp3) is 0.842. The predicted molar refractivity (Wildman–Crippen MR) is 259 cm³/mol. The molecule has 0 aromatic carbocycles. The van der Waals surface area contributed by atoms with Crippen LogP contribution in [-0.2, 0) is 66.7 Å². The number of esters is 7. The lowest BCUT2D eigenvalue weighted by molar-refractivity contribution is -0.215. The number of ether oxygens (including phenoxy) is 7. The van der Waals surface area contributed by atoms with Crippen LogP contribution in [0.2, 0.25) is 0 Å². The molecule has 0 amide bonds. The van der Waals surface area contributed by atoms with Gasteiger partial charge in [0.05, 0.1) is 35.2 Å². The number of hydrogen-bond acceptors (Lipinski definition) is 14. The second kappa shape index (κ2) is 19.4. The Hall–Kier alpha value is -3.97. The molecule has 14 heteroatoms. The Bertz CT molecular complexity index is 2100. The first-order valence-corrected chi connectivity index (χ1v) is 27.0. The second-order valence-corrected chi connectivity index (χ2v) is 27.2. The van der Waals surface area contributed by atoms with E-state index in [-0.39, 0.29) is 91.5 Å². The Morgan fingerprint density at radius 2 is 1.38 bits per heavy atom. The standard InChI is InChI=1S/C57H84O14/c1-31-36-24-40(41(25-36)47(60)70-53(5,6)7)42(31)27-55(10,51(64)71-57(12)37-19-33-17-34(21-37)22-38(57)20-33)30-56(11,50(63)68-43-15-16-65-48(43)61)29-54(8,9)49(62)66-28-46(59)67-44(26-45(58)69-52(2,3)4)39-23-32-13-14-35(39)18-32/h13-14,31-44H,15-30H2,1-12H3. The molecular weight excluding hydrogens is 909 g/mol. The molecular formula is C57H84O14. The van der Waals surface area contributed by atoms with E-state index in [1.807, 2.05) is 27.7 Å². The highest BCUT2D eigenvalue weighted by Crippen LogP contribution is 2.63. The third-order valence-corrected chi connectivity index (χ3v) is 18.6. The number of hydrogen-bond donors (Lipinski definition) is 0. The van der Waals surface area contributed by atoms with Gasteiger partial charge in [-0.05, 0) is 212 Å². The maximum Gasteiger partial charge on any atom is 0.347 e. The van der Waals surface area contributed by atoms with Crippen molar-refractivity contribution in [3.8, 4) is 0 Å². The van der Waals surface area contributed by atoms with E-state index in [0.717, 1.165) is 51.4 Å². The zero-order valence-corrected chi connectivity index (χ0v) is 44.8. The van der Waals surface area contributed by atoms with Crippen molar-refractivity contribution in [2.45, 2.75) is 202 Å². The smallest absolute Gasteiger partial charge is 0.347 e. The fourth-order valence-corrected chi connectivity index (χ4v) is 15.7. The van der Waals surface area contributed by atoms with Gasteiger partial charge >= 0.3 is 41.8 Å². The molecule has 0 N–H and O–H groups in total. The molecule has 1 aliphatic heterocycles. The van der Waals surface area contributed by atoms with Gasteiger partial charge in [0.1, 0.15) is 22.9 Å². The van der Waals surface area contributed by atoms with Gasteiger partial charge in [0, 0.05) is 12.3 Å². The molecule has 0 spiro atoms. The minimum atomic E-state index is -1.59. The van der Waals surface area contributed by atoms with E-state index in [9.17, 15) is 28.8 Å². The summed E-state index contributed by atoms with van der Waals surface area (Å²) in [4.78, 5) is 98.1. The molecule has 8 aliphatic carbocycles. The van der Waals surface area contributed by atoms with Gasteiger partial charge in [-0.1, -0.05) is 19.1 Å². The third-order valence-electron chi connectivity index (χ3n) is 18.6. The van der Waals surface area contributed by atoms with E-state index in [2.05, 4.69) is 26.0 Å². The second-order valence-electron chi connectivity index (χ2n) is 27.2. The molecule has 71 heavy (non-hydrogen) atoms. The Kier molecular flexibility index (Phi) is 14.6. The van der Waals surface area contributed by atoms with Crippen LogP contribution in [0.3, 0.4) is 0 Å². The van der Waals surface area contributed by atoms with Gasteiger partial charge in [0.2, 0.25) is 6.10 Å². The van der Waals surface area contributed by atoms with Crippen LogP contribution in [0.1, 0.15) is 173 Å². The van der Waals surface area contributed by atoms with Gasteiger partial charge in [0.15, 0.2) is 6.61 Å². The molecule has 7 saturated carbocycles. The Labute approximate surface area is 421 Å². The van der Waals surface area contributed by atoms with E-state index in [1.165, 1.54) is 6.42 Å². The Morgan fingerprint density at radius 3 is 1.93 bits per heavy atom. The summed E-state index contributed by atoms with van der Waals surface area (Å²) < 4.78 is 41.4. The molecule has 9 aliphatic rings. The summed E-state index contributed by atoms with van der Waals surface area (Å²) in [5, 5.41) is 0. The first-order chi connectivity index (χ1) is 32.9. The largest absolute Gasteiger partial charge is 0.463 e. The van der Waals surface area contributed by atoms with E-state index in [0.29, 0.717) is 24.2 Å². The van der Waals surface area contributed by atoms with Crippen molar-refractivity contribution in [3.63, 3.8) is 0 Å². The SMILES string of the molecule is CC1C2CC(C(=O)OC(C)(C)C)C(C2)C1CC(C)(CC(C)(CC(C)(C)C(=O)OCC(=O)OC(CC(=O)OC(C)(C)C)C1CC2C=CC1C2)C(=O)OC1CCOC1=O)C(=O)OC1(C)C2CC3CC(C2)CC1C3. The predicted octanol–water partition coefficient (Wildman–Crippen LogP) is 9.46. The summed E-state index contributed by atoms with van der Waals surface area (Å²) >= 11 is 0. The quantitative estimate of drug-likeness (QED) is 0.0719. The molecule has 0 radical (unpaired) electrons. The lowest BCUT2D eigenvalue weighted by Gasteiger charge is -2.59. The fourth-order valence-electron chi connectivity index (χ4n) is 15.7. The Balaban J connectivity index is 1.05. The van der Waals surface area contributed by atoms with Crippen molar-refractivity contribution < 1.29 is 66.7 Å².